The van der Waals surface area contributed by atoms with Crippen molar-refractivity contribution in [3.63, 3.8) is 0 Å². The summed E-state index contributed by atoms with van der Waals surface area (Å²) < 4.78 is 91.9. The molecule has 4 rings (SSSR count). The lowest BCUT2D eigenvalue weighted by atomic mass is 9.87. The van der Waals surface area contributed by atoms with Gasteiger partial charge in [-0.15, -0.1) is 0 Å². The average molecular weight is 642 g/mol. The molecule has 1 aliphatic carbocycles. The van der Waals surface area contributed by atoms with E-state index in [-0.39, 0.29) is 24.7 Å². The first kappa shape index (κ1) is 34.1. The van der Waals surface area contributed by atoms with Crippen LogP contribution in [0.3, 0.4) is 0 Å². The SMILES string of the molecule is C=C(C)c1ccc(N(CC)CC2CCC(OC(C)=O)CC2)c(CN2C(=O)O[C@H](c3cc(C(F)(F)F)cc(C(F)(F)F)c3)[C@@H]2C)n1. The van der Waals surface area contributed by atoms with E-state index in [1.807, 2.05) is 19.1 Å². The first-order chi connectivity index (χ1) is 21.0. The fourth-order valence-electron chi connectivity index (χ4n) is 5.98. The van der Waals surface area contributed by atoms with Crippen molar-refractivity contribution in [3.05, 3.63) is 65.0 Å². The third-order valence-electron chi connectivity index (χ3n) is 8.37. The van der Waals surface area contributed by atoms with Crippen molar-refractivity contribution in [2.75, 3.05) is 18.0 Å². The molecule has 2 fully saturated rings. The van der Waals surface area contributed by atoms with Crippen LogP contribution in [-0.2, 0) is 33.2 Å². The number of allylic oxidation sites excluding steroid dienone is 1. The lowest BCUT2D eigenvalue weighted by Gasteiger charge is -2.34. The van der Waals surface area contributed by atoms with Gasteiger partial charge in [-0.2, -0.15) is 26.3 Å². The zero-order valence-corrected chi connectivity index (χ0v) is 25.6. The average Bonchev–Trinajstić information content (AvgIpc) is 3.24. The van der Waals surface area contributed by atoms with Gasteiger partial charge >= 0.3 is 24.4 Å². The first-order valence-electron chi connectivity index (χ1n) is 14.8. The fraction of sp³-hybridized carbons (Fsp3) is 0.531. The molecule has 2 aliphatic rings. The number of hydrogen-bond acceptors (Lipinski definition) is 6. The number of ether oxygens (including phenoxy) is 2. The highest BCUT2D eigenvalue weighted by atomic mass is 19.4. The van der Waals surface area contributed by atoms with Gasteiger partial charge in [-0.1, -0.05) is 6.58 Å². The quantitative estimate of drug-likeness (QED) is 0.203. The molecule has 0 spiro atoms. The Kier molecular flexibility index (Phi) is 10.1. The molecule has 45 heavy (non-hydrogen) atoms. The van der Waals surface area contributed by atoms with E-state index in [0.29, 0.717) is 48.1 Å². The largest absolute Gasteiger partial charge is 0.463 e. The molecule has 0 bridgehead atoms. The van der Waals surface area contributed by atoms with Crippen LogP contribution >= 0.6 is 0 Å². The van der Waals surface area contributed by atoms with Gasteiger partial charge in [0.1, 0.15) is 12.2 Å². The monoisotopic (exact) mass is 641 g/mol. The van der Waals surface area contributed by atoms with Gasteiger partial charge in [-0.05, 0) is 93.8 Å². The number of halogens is 6. The van der Waals surface area contributed by atoms with E-state index < -0.39 is 47.3 Å². The van der Waals surface area contributed by atoms with E-state index in [1.165, 1.54) is 18.7 Å². The van der Waals surface area contributed by atoms with Crippen LogP contribution in [0, 0.1) is 5.92 Å². The van der Waals surface area contributed by atoms with Crippen molar-refractivity contribution in [1.29, 1.82) is 0 Å². The van der Waals surface area contributed by atoms with Crippen LogP contribution in [-0.4, -0.2) is 47.2 Å². The van der Waals surface area contributed by atoms with E-state index in [1.54, 1.807) is 6.92 Å². The molecular weight excluding hydrogens is 604 g/mol. The van der Waals surface area contributed by atoms with Crippen molar-refractivity contribution in [1.82, 2.24) is 9.88 Å². The van der Waals surface area contributed by atoms with Gasteiger partial charge in [-0.25, -0.2) is 9.78 Å². The summed E-state index contributed by atoms with van der Waals surface area (Å²) in [6.07, 6.45) is -9.19. The van der Waals surface area contributed by atoms with E-state index in [4.69, 9.17) is 14.5 Å². The molecule has 0 N–H and O–H groups in total. The molecule has 2 atom stereocenters. The zero-order chi connectivity index (χ0) is 33.3. The van der Waals surface area contributed by atoms with Crippen molar-refractivity contribution in [3.8, 4) is 0 Å². The van der Waals surface area contributed by atoms with Crippen molar-refractivity contribution in [2.45, 2.75) is 90.5 Å². The minimum absolute atomic E-state index is 0.0458. The molecule has 2 heterocycles. The number of nitrogens with zero attached hydrogens (tertiary/aromatic N) is 3. The van der Waals surface area contributed by atoms with Gasteiger partial charge in [-0.3, -0.25) is 9.69 Å². The molecule has 1 aromatic carbocycles. The highest BCUT2D eigenvalue weighted by Gasteiger charge is 2.43. The number of esters is 1. The first-order valence-corrected chi connectivity index (χ1v) is 14.8. The van der Waals surface area contributed by atoms with Crippen molar-refractivity contribution in [2.24, 2.45) is 5.92 Å². The Morgan fingerprint density at radius 2 is 1.64 bits per heavy atom. The van der Waals surface area contributed by atoms with Crippen molar-refractivity contribution < 1.29 is 45.4 Å². The highest BCUT2D eigenvalue weighted by Crippen LogP contribution is 2.41. The molecule has 7 nitrogen and oxygen atoms in total. The minimum atomic E-state index is -5.04. The standard InChI is InChI=1S/C32H37F6N3O4/c1-6-40(16-21-7-9-25(10-8-21)44-20(5)42)28-12-11-26(18(2)3)39-27(28)17-41-19(4)29(45-30(41)43)22-13-23(31(33,34)35)15-24(14-22)32(36,37)38/h11-15,19,21,25,29H,2,6-10,16-17H2,1,3-5H3/t19-,21?,25?,29-/m0/s1. The Labute approximate surface area is 258 Å². The van der Waals surface area contributed by atoms with Gasteiger partial charge in [0, 0.05) is 20.0 Å². The Morgan fingerprint density at radius 3 is 2.16 bits per heavy atom. The second kappa shape index (κ2) is 13.3. The second-order valence-corrected chi connectivity index (χ2v) is 11.7. The summed E-state index contributed by atoms with van der Waals surface area (Å²) >= 11 is 0. The molecule has 2 aromatic rings. The highest BCUT2D eigenvalue weighted by molar-refractivity contribution is 5.72. The molecule has 1 aliphatic heterocycles. The molecule has 0 radical (unpaired) electrons. The molecule has 1 saturated carbocycles. The van der Waals surface area contributed by atoms with Gasteiger partial charge in [0.2, 0.25) is 0 Å². The topological polar surface area (TPSA) is 72.0 Å². The maximum atomic E-state index is 13.5. The smallest absolute Gasteiger partial charge is 0.416 e. The lowest BCUT2D eigenvalue weighted by Crippen LogP contribution is -2.36. The number of rotatable bonds is 9. The number of carbonyl (C=O) groups is 2. The predicted octanol–water partition coefficient (Wildman–Crippen LogP) is 8.18. The van der Waals surface area contributed by atoms with Crippen LogP contribution in [0.4, 0.5) is 36.8 Å². The molecule has 13 heteroatoms. The van der Waals surface area contributed by atoms with E-state index in [0.717, 1.165) is 31.4 Å². The molecule has 246 valence electrons. The number of hydrogen-bond donors (Lipinski definition) is 0. The Morgan fingerprint density at radius 1 is 1.04 bits per heavy atom. The van der Waals surface area contributed by atoms with Gasteiger partial charge in [0.25, 0.3) is 0 Å². The summed E-state index contributed by atoms with van der Waals surface area (Å²) in [5.74, 6) is 0.0157. The summed E-state index contributed by atoms with van der Waals surface area (Å²) in [5, 5.41) is 0. The third kappa shape index (κ3) is 8.09. The van der Waals surface area contributed by atoms with Crippen LogP contribution in [0.5, 0.6) is 0 Å². The van der Waals surface area contributed by atoms with Crippen LogP contribution in [0.1, 0.15) is 87.6 Å². The van der Waals surface area contributed by atoms with Crippen LogP contribution in [0.25, 0.3) is 5.57 Å². The number of pyridine rings is 1. The fourth-order valence-corrected chi connectivity index (χ4v) is 5.98. The normalized spacial score (nSPS) is 22.3. The Bertz CT molecular complexity index is 1390. The van der Waals surface area contributed by atoms with E-state index >= 15 is 0 Å². The molecule has 0 unspecified atom stereocenters. The number of amides is 1. The zero-order valence-electron chi connectivity index (χ0n) is 25.6. The number of carbonyl (C=O) groups excluding carboxylic acids is 2. The summed E-state index contributed by atoms with van der Waals surface area (Å²) in [6, 6.07) is 4.02. The summed E-state index contributed by atoms with van der Waals surface area (Å²) in [4.78, 5) is 32.6. The number of alkyl halides is 6. The third-order valence-corrected chi connectivity index (χ3v) is 8.37. The molecule has 1 saturated heterocycles. The van der Waals surface area contributed by atoms with Gasteiger partial charge < -0.3 is 14.4 Å². The van der Waals surface area contributed by atoms with E-state index in [2.05, 4.69) is 11.5 Å². The number of anilines is 1. The number of aromatic nitrogens is 1. The second-order valence-electron chi connectivity index (χ2n) is 11.7. The Hall–Kier alpha value is -3.77. The van der Waals surface area contributed by atoms with Crippen LogP contribution in [0.15, 0.2) is 36.9 Å². The molecular formula is C32H37F6N3O4. The summed E-state index contributed by atoms with van der Waals surface area (Å²) in [7, 11) is 0. The van der Waals surface area contributed by atoms with Crippen LogP contribution < -0.4 is 4.90 Å². The maximum absolute atomic E-state index is 13.5. The van der Waals surface area contributed by atoms with Crippen LogP contribution in [0.2, 0.25) is 0 Å². The molecule has 1 aromatic heterocycles. The molecule has 1 amide bonds. The minimum Gasteiger partial charge on any atom is -0.463 e. The summed E-state index contributed by atoms with van der Waals surface area (Å²) in [6.45, 7) is 11.8. The predicted molar refractivity (Wildman–Crippen MR) is 155 cm³/mol. The van der Waals surface area contributed by atoms with E-state index in [9.17, 15) is 35.9 Å². The van der Waals surface area contributed by atoms with Gasteiger partial charge in [0.05, 0.1) is 40.8 Å². The Balaban J connectivity index is 1.61. The van der Waals surface area contributed by atoms with Crippen molar-refractivity contribution >= 4 is 23.3 Å². The maximum Gasteiger partial charge on any atom is 0.416 e. The lowest BCUT2D eigenvalue weighted by molar-refractivity contribution is -0.148. The number of cyclic esters (lactones) is 1. The number of benzene rings is 1. The summed E-state index contributed by atoms with van der Waals surface area (Å²) in [5.41, 5.74) is -0.865. The van der Waals surface area contributed by atoms with Gasteiger partial charge in [0.15, 0.2) is 0 Å².